The van der Waals surface area contributed by atoms with Gasteiger partial charge in [0.25, 0.3) is 0 Å². The molecule has 0 amide bonds. The molecule has 0 fully saturated rings. The Kier molecular flexibility index (Phi) is 2.64. The Balaban J connectivity index is 1.93. The number of carbonyl (C=O) groups is 1. The van der Waals surface area contributed by atoms with Crippen molar-refractivity contribution >= 4 is 5.78 Å². The maximum atomic E-state index is 12.8. The number of hydrogen-bond donors (Lipinski definition) is 0. The van der Waals surface area contributed by atoms with Crippen molar-refractivity contribution < 1.29 is 9.53 Å². The number of nitrogens with zero attached hydrogens (tertiary/aromatic N) is 1. The number of ketones is 1. The molecule has 3 heteroatoms. The van der Waals surface area contributed by atoms with Crippen LogP contribution in [0.1, 0.15) is 22.2 Å². The van der Waals surface area contributed by atoms with Gasteiger partial charge in [-0.05, 0) is 24.3 Å². The van der Waals surface area contributed by atoms with Crippen LogP contribution in [0.15, 0.2) is 72.9 Å². The summed E-state index contributed by atoms with van der Waals surface area (Å²) in [5.41, 5.74) is 2.41. The highest BCUT2D eigenvalue weighted by Gasteiger charge is 2.30. The minimum atomic E-state index is -0.608. The molecule has 0 saturated heterocycles. The minimum absolute atomic E-state index is 0.0256. The molecule has 4 rings (SSSR count). The third-order valence-corrected chi connectivity index (χ3v) is 3.71. The smallest absolute Gasteiger partial charge is 0.224 e. The van der Waals surface area contributed by atoms with Crippen LogP contribution >= 0.6 is 0 Å². The molecule has 2 heterocycles. The Morgan fingerprint density at radius 3 is 2.48 bits per heavy atom. The third kappa shape index (κ3) is 1.86. The Morgan fingerprint density at radius 1 is 0.857 bits per heavy atom. The Morgan fingerprint density at radius 2 is 1.62 bits per heavy atom. The summed E-state index contributed by atoms with van der Waals surface area (Å²) in [5.74, 6) is 0.692. The molecule has 1 aliphatic heterocycles. The summed E-state index contributed by atoms with van der Waals surface area (Å²) in [4.78, 5) is 12.8. The first-order valence-electron chi connectivity index (χ1n) is 6.87. The lowest BCUT2D eigenvalue weighted by atomic mass is 10.0. The molecule has 102 valence electrons. The average Bonchev–Trinajstić information content (AvgIpc) is 2.98. The fraction of sp³-hybridized carbons (Fsp3) is 0.0556. The van der Waals surface area contributed by atoms with Crippen molar-refractivity contribution in [2.75, 3.05) is 0 Å². The van der Waals surface area contributed by atoms with Gasteiger partial charge in [0.15, 0.2) is 6.10 Å². The zero-order valence-electron chi connectivity index (χ0n) is 11.3. The first kappa shape index (κ1) is 12.0. The topological polar surface area (TPSA) is 31.2 Å². The molecule has 0 spiro atoms. The van der Waals surface area contributed by atoms with Crippen LogP contribution < -0.4 is 4.74 Å². The van der Waals surface area contributed by atoms with E-state index in [0.29, 0.717) is 5.69 Å². The number of carbonyl (C=O) groups excluding carboxylic acids is 1. The van der Waals surface area contributed by atoms with Gasteiger partial charge in [-0.2, -0.15) is 0 Å². The fourth-order valence-corrected chi connectivity index (χ4v) is 2.71. The van der Waals surface area contributed by atoms with E-state index in [1.54, 1.807) is 0 Å². The quantitative estimate of drug-likeness (QED) is 0.676. The van der Waals surface area contributed by atoms with E-state index < -0.39 is 6.10 Å². The number of hydrogen-bond acceptors (Lipinski definition) is 2. The highest BCUT2D eigenvalue weighted by Crippen LogP contribution is 2.34. The van der Waals surface area contributed by atoms with Crippen LogP contribution in [0.4, 0.5) is 0 Å². The van der Waals surface area contributed by atoms with Crippen molar-refractivity contribution in [1.29, 1.82) is 0 Å². The van der Waals surface area contributed by atoms with Crippen LogP contribution in [-0.2, 0) is 0 Å². The number of aromatic nitrogens is 1. The molecule has 0 bridgehead atoms. The van der Waals surface area contributed by atoms with Crippen LogP contribution in [0.25, 0.3) is 5.69 Å². The average molecular weight is 275 g/mol. The number of para-hydroxylation sites is 2. The largest absolute Gasteiger partial charge is 0.475 e. The number of rotatable bonds is 1. The second-order valence-electron chi connectivity index (χ2n) is 5.00. The second kappa shape index (κ2) is 4.63. The Labute approximate surface area is 122 Å². The summed E-state index contributed by atoms with van der Waals surface area (Å²) < 4.78 is 7.92. The molecule has 3 nitrogen and oxygen atoms in total. The van der Waals surface area contributed by atoms with E-state index in [0.717, 1.165) is 17.0 Å². The zero-order valence-corrected chi connectivity index (χ0v) is 11.3. The molecule has 0 N–H and O–H groups in total. The molecule has 0 saturated carbocycles. The number of fused-ring (bicyclic) bond motifs is 3. The van der Waals surface area contributed by atoms with Gasteiger partial charge >= 0.3 is 0 Å². The van der Waals surface area contributed by atoms with Gasteiger partial charge in [0.1, 0.15) is 5.75 Å². The Hall–Kier alpha value is -2.81. The van der Waals surface area contributed by atoms with Crippen molar-refractivity contribution in [1.82, 2.24) is 4.57 Å². The second-order valence-corrected chi connectivity index (χ2v) is 5.00. The van der Waals surface area contributed by atoms with Gasteiger partial charge < -0.3 is 9.30 Å². The lowest BCUT2D eigenvalue weighted by Crippen LogP contribution is -2.18. The summed E-state index contributed by atoms with van der Waals surface area (Å²) >= 11 is 0. The molecular weight excluding hydrogens is 262 g/mol. The fourth-order valence-electron chi connectivity index (χ4n) is 2.71. The van der Waals surface area contributed by atoms with Crippen molar-refractivity contribution in [3.8, 4) is 11.4 Å². The van der Waals surface area contributed by atoms with Gasteiger partial charge in [0.05, 0.1) is 11.4 Å². The van der Waals surface area contributed by atoms with Crippen LogP contribution in [0.3, 0.4) is 0 Å². The number of ether oxygens (including phenoxy) is 1. The van der Waals surface area contributed by atoms with Crippen molar-refractivity contribution in [3.05, 3.63) is 84.2 Å². The van der Waals surface area contributed by atoms with E-state index in [1.165, 1.54) is 0 Å². The lowest BCUT2D eigenvalue weighted by Gasteiger charge is -2.16. The van der Waals surface area contributed by atoms with E-state index in [-0.39, 0.29) is 5.78 Å². The Bertz CT molecular complexity index is 805. The van der Waals surface area contributed by atoms with Gasteiger partial charge in [-0.1, -0.05) is 42.5 Å². The van der Waals surface area contributed by atoms with Crippen LogP contribution in [0.5, 0.6) is 5.75 Å². The van der Waals surface area contributed by atoms with Crippen LogP contribution in [0, 0.1) is 0 Å². The first-order chi connectivity index (χ1) is 10.3. The SMILES string of the molecule is O=C1c2cccn2-c2ccccc2O[C@H]1c1ccccc1. The van der Waals surface area contributed by atoms with Gasteiger partial charge in [-0.25, -0.2) is 0 Å². The standard InChI is InChI=1S/C18H13NO2/c20-17-15-10-6-12-19(15)14-9-4-5-11-16(14)21-18(17)13-7-2-1-3-8-13/h1-12,18H/t18-/m0/s1. The monoisotopic (exact) mass is 275 g/mol. The molecule has 1 aromatic heterocycles. The van der Waals surface area contributed by atoms with E-state index in [4.69, 9.17) is 4.74 Å². The maximum Gasteiger partial charge on any atom is 0.224 e. The summed E-state index contributed by atoms with van der Waals surface area (Å²) in [6.07, 6.45) is 1.28. The molecule has 2 aromatic carbocycles. The maximum absolute atomic E-state index is 12.8. The van der Waals surface area contributed by atoms with Gasteiger partial charge in [0, 0.05) is 11.8 Å². The van der Waals surface area contributed by atoms with E-state index >= 15 is 0 Å². The summed E-state index contributed by atoms with van der Waals surface area (Å²) in [6.45, 7) is 0. The summed E-state index contributed by atoms with van der Waals surface area (Å²) in [5, 5.41) is 0. The molecule has 21 heavy (non-hydrogen) atoms. The van der Waals surface area contributed by atoms with Gasteiger partial charge in [-0.3, -0.25) is 4.79 Å². The highest BCUT2D eigenvalue weighted by molar-refractivity contribution is 6.00. The summed E-state index contributed by atoms with van der Waals surface area (Å²) in [7, 11) is 0. The van der Waals surface area contributed by atoms with E-state index in [2.05, 4.69) is 0 Å². The summed E-state index contributed by atoms with van der Waals surface area (Å²) in [6, 6.07) is 21.0. The molecule has 1 atom stereocenters. The van der Waals surface area contributed by atoms with Gasteiger partial charge in [-0.15, -0.1) is 0 Å². The predicted octanol–water partition coefficient (Wildman–Crippen LogP) is 3.79. The molecule has 1 aliphatic rings. The van der Waals surface area contributed by atoms with Crippen LogP contribution in [0.2, 0.25) is 0 Å². The highest BCUT2D eigenvalue weighted by atomic mass is 16.5. The third-order valence-electron chi connectivity index (χ3n) is 3.71. The molecular formula is C18H13NO2. The number of Topliss-reactive ketones (excluding diaryl/α,β-unsaturated/α-hetero) is 1. The van der Waals surface area contributed by atoms with Gasteiger partial charge in [0.2, 0.25) is 5.78 Å². The molecule has 0 aliphatic carbocycles. The van der Waals surface area contributed by atoms with Crippen LogP contribution in [-0.4, -0.2) is 10.4 Å². The molecule has 0 unspecified atom stereocenters. The lowest BCUT2D eigenvalue weighted by molar-refractivity contribution is 0.0796. The predicted molar refractivity (Wildman–Crippen MR) is 79.9 cm³/mol. The zero-order chi connectivity index (χ0) is 14.2. The molecule has 0 radical (unpaired) electrons. The normalized spacial score (nSPS) is 16.6. The van der Waals surface area contributed by atoms with E-state index in [1.807, 2.05) is 77.5 Å². The van der Waals surface area contributed by atoms with E-state index in [9.17, 15) is 4.79 Å². The molecule has 3 aromatic rings. The van der Waals surface area contributed by atoms with Crippen molar-refractivity contribution in [3.63, 3.8) is 0 Å². The minimum Gasteiger partial charge on any atom is -0.475 e. The van der Waals surface area contributed by atoms with Crippen molar-refractivity contribution in [2.45, 2.75) is 6.10 Å². The van der Waals surface area contributed by atoms with Crippen molar-refractivity contribution in [2.24, 2.45) is 0 Å². The first-order valence-corrected chi connectivity index (χ1v) is 6.87. The number of benzene rings is 2.